The quantitative estimate of drug-likeness (QED) is 0.728. The van der Waals surface area contributed by atoms with Crippen LogP contribution in [0.4, 0.5) is 10.1 Å². The van der Waals surface area contributed by atoms with Crippen molar-refractivity contribution in [3.63, 3.8) is 0 Å². The maximum atomic E-state index is 13.6. The van der Waals surface area contributed by atoms with Crippen LogP contribution >= 0.6 is 0 Å². The second kappa shape index (κ2) is 4.81. The molecule has 2 aromatic carbocycles. The van der Waals surface area contributed by atoms with E-state index < -0.39 is 0 Å². The Hall–Kier alpha value is -2.62. The molecule has 0 aliphatic heterocycles. The van der Waals surface area contributed by atoms with Gasteiger partial charge in [-0.2, -0.15) is 0 Å². The van der Waals surface area contributed by atoms with Gasteiger partial charge in [0, 0.05) is 16.6 Å². The van der Waals surface area contributed by atoms with Gasteiger partial charge in [0.15, 0.2) is 0 Å². The van der Waals surface area contributed by atoms with Gasteiger partial charge in [0.05, 0.1) is 0 Å². The van der Waals surface area contributed by atoms with E-state index in [0.29, 0.717) is 22.3 Å². The summed E-state index contributed by atoms with van der Waals surface area (Å²) >= 11 is 0. The smallest absolute Gasteiger partial charge is 0.272 e. The molecule has 0 spiro atoms. The van der Waals surface area contributed by atoms with Crippen molar-refractivity contribution < 1.29 is 9.18 Å². The lowest BCUT2D eigenvalue weighted by molar-refractivity contribution is 0.102. The number of hydrogen-bond donors (Lipinski definition) is 2. The average Bonchev–Trinajstić information content (AvgIpc) is 2.84. The molecule has 3 aromatic rings. The Bertz CT molecular complexity index is 792. The van der Waals surface area contributed by atoms with Crippen LogP contribution in [0, 0.1) is 12.7 Å². The monoisotopic (exact) mass is 268 g/mol. The molecule has 0 radical (unpaired) electrons. The molecule has 2 N–H and O–H groups in total. The Morgan fingerprint density at radius 3 is 2.70 bits per heavy atom. The lowest BCUT2D eigenvalue weighted by Gasteiger charge is -2.04. The fourth-order valence-corrected chi connectivity index (χ4v) is 2.16. The third kappa shape index (κ3) is 2.28. The highest BCUT2D eigenvalue weighted by Crippen LogP contribution is 2.19. The number of hydrogen-bond acceptors (Lipinski definition) is 1. The molecular formula is C16H13FN2O. The highest BCUT2D eigenvalue weighted by Gasteiger charge is 2.11. The lowest BCUT2D eigenvalue weighted by Crippen LogP contribution is -2.12. The number of halogens is 1. The van der Waals surface area contributed by atoms with Gasteiger partial charge < -0.3 is 10.3 Å². The van der Waals surface area contributed by atoms with E-state index in [2.05, 4.69) is 10.3 Å². The first-order valence-corrected chi connectivity index (χ1v) is 6.29. The molecule has 1 heterocycles. The fraction of sp³-hybridized carbons (Fsp3) is 0.0625. The number of benzene rings is 2. The van der Waals surface area contributed by atoms with Crippen molar-refractivity contribution in [2.75, 3.05) is 5.32 Å². The summed E-state index contributed by atoms with van der Waals surface area (Å²) in [6.07, 6.45) is 0. The van der Waals surface area contributed by atoms with Crippen LogP contribution in [0.25, 0.3) is 10.9 Å². The number of carbonyl (C=O) groups is 1. The highest BCUT2D eigenvalue weighted by molar-refractivity contribution is 6.06. The first-order chi connectivity index (χ1) is 9.63. The number of fused-ring (bicyclic) bond motifs is 1. The van der Waals surface area contributed by atoms with Crippen molar-refractivity contribution in [3.8, 4) is 0 Å². The maximum absolute atomic E-state index is 13.6. The fourth-order valence-electron chi connectivity index (χ4n) is 2.16. The van der Waals surface area contributed by atoms with Gasteiger partial charge in [0.2, 0.25) is 0 Å². The molecule has 0 aliphatic carbocycles. The van der Waals surface area contributed by atoms with E-state index in [4.69, 9.17) is 0 Å². The number of aromatic nitrogens is 1. The standard InChI is InChI=1S/C16H13FN2O/c1-10-4-2-5-11(8-10)18-16(20)15-9-12-13(17)6-3-7-14(12)19-15/h2-9,19H,1H3,(H,18,20). The van der Waals surface area contributed by atoms with Crippen molar-refractivity contribution in [3.05, 3.63) is 65.6 Å². The maximum Gasteiger partial charge on any atom is 0.272 e. The van der Waals surface area contributed by atoms with Crippen LogP contribution in [0.3, 0.4) is 0 Å². The summed E-state index contributed by atoms with van der Waals surface area (Å²) in [7, 11) is 0. The van der Waals surface area contributed by atoms with Crippen LogP contribution < -0.4 is 5.32 Å². The number of H-pyrrole nitrogens is 1. The van der Waals surface area contributed by atoms with E-state index in [0.717, 1.165) is 5.56 Å². The number of aromatic amines is 1. The first kappa shape index (κ1) is 12.4. The molecule has 0 unspecified atom stereocenters. The Kier molecular flexibility index (Phi) is 2.99. The number of aryl methyl sites for hydroxylation is 1. The second-order valence-electron chi connectivity index (χ2n) is 4.71. The molecule has 4 heteroatoms. The van der Waals surface area contributed by atoms with Crippen LogP contribution in [0.5, 0.6) is 0 Å². The van der Waals surface area contributed by atoms with Crippen LogP contribution in [-0.4, -0.2) is 10.9 Å². The Balaban J connectivity index is 1.91. The summed E-state index contributed by atoms with van der Waals surface area (Å²) in [5.41, 5.74) is 2.73. The minimum atomic E-state index is -0.339. The highest BCUT2D eigenvalue weighted by atomic mass is 19.1. The number of nitrogens with one attached hydrogen (secondary N) is 2. The molecule has 0 saturated heterocycles. The first-order valence-electron chi connectivity index (χ1n) is 6.29. The van der Waals surface area contributed by atoms with E-state index in [1.807, 2.05) is 31.2 Å². The average molecular weight is 268 g/mol. The van der Waals surface area contributed by atoms with Crippen molar-refractivity contribution in [2.45, 2.75) is 6.92 Å². The molecule has 0 bridgehead atoms. The number of carbonyl (C=O) groups excluding carboxylic acids is 1. The zero-order valence-electron chi connectivity index (χ0n) is 10.9. The molecule has 0 aliphatic rings. The zero-order valence-corrected chi connectivity index (χ0v) is 10.9. The van der Waals surface area contributed by atoms with Gasteiger partial charge in [0.1, 0.15) is 11.5 Å². The van der Waals surface area contributed by atoms with Crippen LogP contribution in [0.15, 0.2) is 48.5 Å². The Morgan fingerprint density at radius 1 is 1.15 bits per heavy atom. The largest absolute Gasteiger partial charge is 0.350 e. The van der Waals surface area contributed by atoms with Gasteiger partial charge in [-0.15, -0.1) is 0 Å². The molecule has 100 valence electrons. The number of amides is 1. The Labute approximate surface area is 115 Å². The molecule has 20 heavy (non-hydrogen) atoms. The molecule has 3 nitrogen and oxygen atoms in total. The predicted octanol–water partition coefficient (Wildman–Crippen LogP) is 3.87. The molecular weight excluding hydrogens is 255 g/mol. The normalized spacial score (nSPS) is 10.7. The van der Waals surface area contributed by atoms with E-state index in [9.17, 15) is 9.18 Å². The third-order valence-corrected chi connectivity index (χ3v) is 3.13. The summed E-state index contributed by atoms with van der Waals surface area (Å²) in [5.74, 6) is -0.625. The number of rotatable bonds is 2. The van der Waals surface area contributed by atoms with Crippen LogP contribution in [0.1, 0.15) is 16.1 Å². The topological polar surface area (TPSA) is 44.9 Å². The lowest BCUT2D eigenvalue weighted by atomic mass is 10.2. The molecule has 1 aromatic heterocycles. The Morgan fingerprint density at radius 2 is 1.95 bits per heavy atom. The summed E-state index contributed by atoms with van der Waals surface area (Å²) < 4.78 is 13.6. The SMILES string of the molecule is Cc1cccc(NC(=O)c2cc3c(F)cccc3[nH]2)c1. The summed E-state index contributed by atoms with van der Waals surface area (Å²) in [6.45, 7) is 1.95. The summed E-state index contributed by atoms with van der Waals surface area (Å²) in [5, 5.41) is 3.21. The van der Waals surface area contributed by atoms with Gasteiger partial charge in [-0.05, 0) is 42.8 Å². The van der Waals surface area contributed by atoms with Crippen molar-refractivity contribution in [2.24, 2.45) is 0 Å². The van der Waals surface area contributed by atoms with Gasteiger partial charge in [-0.25, -0.2) is 4.39 Å². The second-order valence-corrected chi connectivity index (χ2v) is 4.71. The van der Waals surface area contributed by atoms with Gasteiger partial charge in [-0.1, -0.05) is 18.2 Å². The molecule has 1 amide bonds. The molecule has 3 rings (SSSR count). The molecule has 0 atom stereocenters. The van der Waals surface area contributed by atoms with Gasteiger partial charge in [-0.3, -0.25) is 4.79 Å². The van der Waals surface area contributed by atoms with E-state index >= 15 is 0 Å². The van der Waals surface area contributed by atoms with E-state index in [1.165, 1.54) is 12.1 Å². The van der Waals surface area contributed by atoms with Gasteiger partial charge >= 0.3 is 0 Å². The minimum Gasteiger partial charge on any atom is -0.350 e. The summed E-state index contributed by atoms with van der Waals surface area (Å²) in [6, 6.07) is 13.8. The van der Waals surface area contributed by atoms with Crippen molar-refractivity contribution in [1.29, 1.82) is 0 Å². The zero-order chi connectivity index (χ0) is 14.1. The van der Waals surface area contributed by atoms with E-state index in [-0.39, 0.29) is 11.7 Å². The van der Waals surface area contributed by atoms with Crippen molar-refractivity contribution in [1.82, 2.24) is 4.98 Å². The summed E-state index contributed by atoms with van der Waals surface area (Å²) in [4.78, 5) is 15.1. The van der Waals surface area contributed by atoms with Crippen LogP contribution in [0.2, 0.25) is 0 Å². The molecule has 0 saturated carbocycles. The minimum absolute atomic E-state index is 0.286. The van der Waals surface area contributed by atoms with E-state index in [1.54, 1.807) is 12.1 Å². The van der Waals surface area contributed by atoms with Gasteiger partial charge in [0.25, 0.3) is 5.91 Å². The number of anilines is 1. The predicted molar refractivity (Wildman–Crippen MR) is 77.4 cm³/mol. The van der Waals surface area contributed by atoms with Crippen LogP contribution in [-0.2, 0) is 0 Å². The molecule has 0 fully saturated rings. The van der Waals surface area contributed by atoms with Crippen molar-refractivity contribution >= 4 is 22.5 Å². The third-order valence-electron chi connectivity index (χ3n) is 3.13.